The Morgan fingerprint density at radius 1 is 0.611 bits per heavy atom. The summed E-state index contributed by atoms with van der Waals surface area (Å²) in [6, 6.07) is 18.0. The van der Waals surface area contributed by atoms with E-state index in [9.17, 15) is 5.02 Å². The van der Waals surface area contributed by atoms with Gasteiger partial charge in [0.05, 0.1) is 0 Å². The standard InChI is InChI=1S/C18H31N.C14H22BO2/c1-2-3-4-5-6-7-8-9-10-11-12-17-13-15-18(19)16-14-17;1-2-3-4-5-6-10-13-17-15(16)14-11-8-7-9-12-14/h13-16H,2-12,19H2,1H3;7-9,11-12H,2-6,10,13H2,1H3/q;-1/p+1. The summed E-state index contributed by atoms with van der Waals surface area (Å²) in [6.07, 6.45) is 22.7. The average molecular weight is 496 g/mol. The maximum atomic E-state index is 11.6. The Kier molecular flexibility index (Phi) is 21.4. The third-order valence-corrected chi connectivity index (χ3v) is 6.68. The largest absolute Gasteiger partial charge is 0.853 e. The Hall–Kier alpha value is -1.62. The lowest BCUT2D eigenvalue weighted by Gasteiger charge is -2.19. The summed E-state index contributed by atoms with van der Waals surface area (Å²) in [4.78, 5) is 0. The molecular formula is C32H54BNO2. The van der Waals surface area contributed by atoms with E-state index in [1.165, 1.54) is 108 Å². The summed E-state index contributed by atoms with van der Waals surface area (Å²) in [5.41, 5.74) is 7.22. The highest BCUT2D eigenvalue weighted by Gasteiger charge is 2.01. The molecule has 0 saturated carbocycles. The van der Waals surface area contributed by atoms with Crippen LogP contribution in [0.1, 0.15) is 122 Å². The molecule has 0 aliphatic rings. The maximum absolute atomic E-state index is 11.6. The average Bonchev–Trinajstić information content (AvgIpc) is 2.91. The second-order valence-electron chi connectivity index (χ2n) is 10.1. The minimum atomic E-state index is -1.02. The lowest BCUT2D eigenvalue weighted by Crippen LogP contribution is -2.46. The van der Waals surface area contributed by atoms with Crippen molar-refractivity contribution in [1.82, 2.24) is 0 Å². The second kappa shape index (κ2) is 23.8. The van der Waals surface area contributed by atoms with Crippen molar-refractivity contribution in [3.05, 3.63) is 60.2 Å². The molecule has 0 bridgehead atoms. The van der Waals surface area contributed by atoms with Crippen molar-refractivity contribution < 1.29 is 15.4 Å². The molecule has 2 aromatic rings. The van der Waals surface area contributed by atoms with Gasteiger partial charge in [0.2, 0.25) is 7.12 Å². The normalized spacial score (nSPS) is 10.7. The first-order chi connectivity index (χ1) is 17.7. The summed E-state index contributed by atoms with van der Waals surface area (Å²) in [7, 11) is -1.02. The van der Waals surface area contributed by atoms with Gasteiger partial charge >= 0.3 is 0 Å². The Labute approximate surface area is 223 Å². The second-order valence-corrected chi connectivity index (χ2v) is 10.1. The quantitative estimate of drug-likeness (QED) is 0.157. The highest BCUT2D eigenvalue weighted by Crippen LogP contribution is 2.13. The van der Waals surface area contributed by atoms with Crippen LogP contribution < -0.4 is 16.2 Å². The fraction of sp³-hybridized carbons (Fsp3) is 0.625. The molecule has 0 aliphatic heterocycles. The smallest absolute Gasteiger partial charge is 0.217 e. The van der Waals surface area contributed by atoms with Gasteiger partial charge in [0.15, 0.2) is 0 Å². The van der Waals surface area contributed by atoms with E-state index >= 15 is 0 Å². The number of rotatable bonds is 20. The molecule has 202 valence electrons. The van der Waals surface area contributed by atoms with Crippen molar-refractivity contribution in [2.75, 3.05) is 6.61 Å². The van der Waals surface area contributed by atoms with Crippen LogP contribution in [0.4, 0.5) is 5.69 Å². The number of benzene rings is 2. The van der Waals surface area contributed by atoms with Gasteiger partial charge in [0, 0.05) is 6.61 Å². The first kappa shape index (κ1) is 32.4. The van der Waals surface area contributed by atoms with Gasteiger partial charge in [-0.1, -0.05) is 152 Å². The summed E-state index contributed by atoms with van der Waals surface area (Å²) in [5.74, 6) is 0. The highest BCUT2D eigenvalue weighted by atomic mass is 16.5. The fourth-order valence-electron chi connectivity index (χ4n) is 4.30. The molecule has 3 N–H and O–H groups in total. The Balaban J connectivity index is 0.000000362. The van der Waals surface area contributed by atoms with Gasteiger partial charge in [0.25, 0.3) is 0 Å². The maximum Gasteiger partial charge on any atom is 0.217 e. The van der Waals surface area contributed by atoms with Crippen LogP contribution in [-0.2, 0) is 11.1 Å². The first-order valence-corrected chi connectivity index (χ1v) is 14.9. The molecule has 0 heterocycles. The molecule has 0 aliphatic carbocycles. The molecule has 0 unspecified atom stereocenters. The number of quaternary nitrogens is 1. The molecule has 0 fully saturated rings. The number of unbranched alkanes of at least 4 members (excludes halogenated alkanes) is 14. The molecule has 0 atom stereocenters. The molecule has 3 nitrogen and oxygen atoms in total. The molecule has 36 heavy (non-hydrogen) atoms. The van der Waals surface area contributed by atoms with Crippen molar-refractivity contribution >= 4 is 18.3 Å². The van der Waals surface area contributed by atoms with Crippen LogP contribution in [0.3, 0.4) is 0 Å². The summed E-state index contributed by atoms with van der Waals surface area (Å²) < 4.78 is 5.28. The van der Waals surface area contributed by atoms with Crippen molar-refractivity contribution in [1.29, 1.82) is 0 Å². The molecule has 2 rings (SSSR count). The van der Waals surface area contributed by atoms with Crippen LogP contribution >= 0.6 is 0 Å². The van der Waals surface area contributed by atoms with Crippen LogP contribution in [0, 0.1) is 0 Å². The van der Waals surface area contributed by atoms with Gasteiger partial charge in [-0.05, 0) is 37.0 Å². The molecular weight excluding hydrogens is 441 g/mol. The molecule has 0 aromatic heterocycles. The van der Waals surface area contributed by atoms with E-state index in [4.69, 9.17) is 4.65 Å². The molecule has 0 radical (unpaired) electrons. The Bertz CT molecular complexity index is 708. The zero-order chi connectivity index (χ0) is 26.1. The van der Waals surface area contributed by atoms with E-state index in [2.05, 4.69) is 43.8 Å². The predicted molar refractivity (Wildman–Crippen MR) is 156 cm³/mol. The van der Waals surface area contributed by atoms with Gasteiger partial charge in [-0.25, -0.2) is 0 Å². The van der Waals surface area contributed by atoms with E-state index in [1.807, 2.05) is 30.3 Å². The predicted octanol–water partition coefficient (Wildman–Crippen LogP) is 7.14. The van der Waals surface area contributed by atoms with Gasteiger partial charge < -0.3 is 15.4 Å². The highest BCUT2D eigenvalue weighted by molar-refractivity contribution is 6.58. The van der Waals surface area contributed by atoms with E-state index in [1.54, 1.807) is 0 Å². The van der Waals surface area contributed by atoms with Crippen molar-refractivity contribution in [2.45, 2.75) is 123 Å². The zero-order valence-corrected chi connectivity index (χ0v) is 23.5. The topological polar surface area (TPSA) is 59.9 Å². The number of aryl methyl sites for hydroxylation is 1. The van der Waals surface area contributed by atoms with Crippen molar-refractivity contribution in [3.8, 4) is 0 Å². The van der Waals surface area contributed by atoms with Gasteiger partial charge in [-0.15, -0.1) is 0 Å². The van der Waals surface area contributed by atoms with Crippen LogP contribution in [-0.4, -0.2) is 13.7 Å². The summed E-state index contributed by atoms with van der Waals surface area (Å²) in [5, 5.41) is 11.6. The molecule has 4 heteroatoms. The third-order valence-electron chi connectivity index (χ3n) is 6.68. The summed E-state index contributed by atoms with van der Waals surface area (Å²) in [6.45, 7) is 5.07. The van der Waals surface area contributed by atoms with E-state index in [0.29, 0.717) is 6.61 Å². The number of hydrogen-bond donors (Lipinski definition) is 1. The lowest BCUT2D eigenvalue weighted by atomic mass is 9.80. The van der Waals surface area contributed by atoms with Gasteiger partial charge in [0.1, 0.15) is 5.69 Å². The van der Waals surface area contributed by atoms with Crippen molar-refractivity contribution in [2.24, 2.45) is 0 Å². The van der Waals surface area contributed by atoms with Crippen LogP contribution in [0.5, 0.6) is 0 Å². The minimum absolute atomic E-state index is 0.579. The lowest BCUT2D eigenvalue weighted by molar-refractivity contribution is -0.254. The molecule has 0 amide bonds. The van der Waals surface area contributed by atoms with E-state index < -0.39 is 7.12 Å². The molecule has 2 aromatic carbocycles. The zero-order valence-electron chi connectivity index (χ0n) is 23.5. The van der Waals surface area contributed by atoms with Crippen LogP contribution in [0.2, 0.25) is 0 Å². The first-order valence-electron chi connectivity index (χ1n) is 14.9. The third kappa shape index (κ3) is 18.6. The Morgan fingerprint density at radius 2 is 1.08 bits per heavy atom. The summed E-state index contributed by atoms with van der Waals surface area (Å²) >= 11 is 0. The van der Waals surface area contributed by atoms with E-state index in [0.717, 1.165) is 17.6 Å². The van der Waals surface area contributed by atoms with Gasteiger partial charge in [-0.2, -0.15) is 0 Å². The van der Waals surface area contributed by atoms with Gasteiger partial charge in [-0.3, -0.25) is 0 Å². The Morgan fingerprint density at radius 3 is 1.61 bits per heavy atom. The van der Waals surface area contributed by atoms with E-state index in [-0.39, 0.29) is 0 Å². The SMILES string of the molecule is CCCCCCCCCCCCc1ccc([NH3+])cc1.CCCCCCCCOB([O-])c1ccccc1. The molecule has 0 saturated heterocycles. The molecule has 0 spiro atoms. The van der Waals surface area contributed by atoms with Crippen LogP contribution in [0.25, 0.3) is 0 Å². The monoisotopic (exact) mass is 495 g/mol. The minimum Gasteiger partial charge on any atom is -0.853 e. The van der Waals surface area contributed by atoms with Crippen LogP contribution in [0.15, 0.2) is 54.6 Å². The fourth-order valence-corrected chi connectivity index (χ4v) is 4.30. The van der Waals surface area contributed by atoms with Crippen molar-refractivity contribution in [3.63, 3.8) is 0 Å². The number of hydrogen-bond acceptors (Lipinski definition) is 2.